The molecule has 0 heterocycles. The molecule has 2 aromatic carbocycles. The summed E-state index contributed by atoms with van der Waals surface area (Å²) in [5, 5.41) is 0. The van der Waals surface area contributed by atoms with Crippen LogP contribution in [0, 0.1) is 11.8 Å². The third kappa shape index (κ3) is 4.40. The SMILES string of the molecule is CCOC(=O)C(C(=O)OCC)C(C)Cc1ccc2c(c1OC)C(=O)c1cccc(OC)c1C2=O. The lowest BCUT2D eigenvalue weighted by Crippen LogP contribution is -2.34. The van der Waals surface area contributed by atoms with E-state index in [9.17, 15) is 19.2 Å². The van der Waals surface area contributed by atoms with Gasteiger partial charge in [-0.25, -0.2) is 0 Å². The molecule has 34 heavy (non-hydrogen) atoms. The van der Waals surface area contributed by atoms with Crippen LogP contribution in [0.3, 0.4) is 0 Å². The summed E-state index contributed by atoms with van der Waals surface area (Å²) >= 11 is 0. The molecule has 0 aliphatic heterocycles. The molecule has 0 saturated heterocycles. The first-order valence-electron chi connectivity index (χ1n) is 11.1. The number of carbonyl (C=O) groups is 4. The van der Waals surface area contributed by atoms with Gasteiger partial charge in [-0.1, -0.05) is 25.1 Å². The highest BCUT2D eigenvalue weighted by Crippen LogP contribution is 2.39. The fraction of sp³-hybridized carbons (Fsp3) is 0.385. The molecular weight excluding hydrogens is 440 g/mol. The van der Waals surface area contributed by atoms with Gasteiger partial charge in [0.1, 0.15) is 11.5 Å². The molecule has 0 spiro atoms. The van der Waals surface area contributed by atoms with Gasteiger partial charge in [-0.3, -0.25) is 19.2 Å². The van der Waals surface area contributed by atoms with E-state index in [-0.39, 0.29) is 59.2 Å². The molecule has 0 N–H and O–H groups in total. The Morgan fingerprint density at radius 2 is 1.41 bits per heavy atom. The van der Waals surface area contributed by atoms with Crippen molar-refractivity contribution < 1.29 is 38.1 Å². The molecule has 0 fully saturated rings. The summed E-state index contributed by atoms with van der Waals surface area (Å²) in [6.45, 7) is 5.30. The van der Waals surface area contributed by atoms with E-state index in [1.807, 2.05) is 0 Å². The molecule has 1 atom stereocenters. The normalized spacial score (nSPS) is 13.1. The quantitative estimate of drug-likeness (QED) is 0.348. The minimum Gasteiger partial charge on any atom is -0.496 e. The molecule has 3 rings (SSSR count). The van der Waals surface area contributed by atoms with E-state index in [1.165, 1.54) is 14.2 Å². The molecular formula is C26H28O8. The second-order valence-electron chi connectivity index (χ2n) is 7.88. The topological polar surface area (TPSA) is 105 Å². The number of methoxy groups -OCH3 is 2. The summed E-state index contributed by atoms with van der Waals surface area (Å²) in [6, 6.07) is 8.10. The number of fused-ring (bicyclic) bond motifs is 2. The standard InChI is InChI=1S/C26H28O8/c1-6-33-25(29)19(26(30)34-7-2)14(3)13-15-11-12-17-21(24(15)32-5)23(28)16-9-8-10-18(31-4)20(16)22(17)27/h8-12,14,19H,6-7,13H2,1-5H3. The third-order valence-corrected chi connectivity index (χ3v) is 5.82. The van der Waals surface area contributed by atoms with Gasteiger partial charge in [-0.15, -0.1) is 0 Å². The molecule has 0 radical (unpaired) electrons. The van der Waals surface area contributed by atoms with Crippen molar-refractivity contribution in [1.29, 1.82) is 0 Å². The van der Waals surface area contributed by atoms with Gasteiger partial charge in [-0.2, -0.15) is 0 Å². The lowest BCUT2D eigenvalue weighted by Gasteiger charge is -2.25. The molecule has 1 aliphatic rings. The minimum absolute atomic E-state index is 0.128. The average molecular weight is 469 g/mol. The Balaban J connectivity index is 2.04. The third-order valence-electron chi connectivity index (χ3n) is 5.82. The van der Waals surface area contributed by atoms with Crippen LogP contribution in [-0.4, -0.2) is 50.9 Å². The number of ether oxygens (including phenoxy) is 4. The lowest BCUT2D eigenvalue weighted by molar-refractivity contribution is -0.164. The molecule has 0 amide bonds. The van der Waals surface area contributed by atoms with E-state index in [4.69, 9.17) is 18.9 Å². The summed E-state index contributed by atoms with van der Waals surface area (Å²) in [5.74, 6) is -3.13. The van der Waals surface area contributed by atoms with Crippen molar-refractivity contribution in [3.8, 4) is 11.5 Å². The minimum atomic E-state index is -1.14. The van der Waals surface area contributed by atoms with Crippen LogP contribution in [0.4, 0.5) is 0 Å². The molecule has 1 aliphatic carbocycles. The van der Waals surface area contributed by atoms with Crippen molar-refractivity contribution in [2.24, 2.45) is 11.8 Å². The maximum absolute atomic E-state index is 13.4. The number of rotatable bonds is 9. The van der Waals surface area contributed by atoms with Gasteiger partial charge >= 0.3 is 11.9 Å². The van der Waals surface area contributed by atoms with Crippen molar-refractivity contribution in [2.75, 3.05) is 27.4 Å². The number of ketones is 2. The van der Waals surface area contributed by atoms with E-state index in [1.54, 1.807) is 51.1 Å². The second-order valence-corrected chi connectivity index (χ2v) is 7.88. The van der Waals surface area contributed by atoms with Gasteiger partial charge in [0.15, 0.2) is 17.5 Å². The Bertz CT molecular complexity index is 1120. The maximum atomic E-state index is 13.4. The highest BCUT2D eigenvalue weighted by atomic mass is 16.6. The van der Waals surface area contributed by atoms with Crippen LogP contribution in [-0.2, 0) is 25.5 Å². The zero-order valence-corrected chi connectivity index (χ0v) is 19.9. The predicted molar refractivity (Wildman–Crippen MR) is 122 cm³/mol. The summed E-state index contributed by atoms with van der Waals surface area (Å²) in [4.78, 5) is 51.7. The molecule has 8 heteroatoms. The summed E-state index contributed by atoms with van der Waals surface area (Å²) in [5.41, 5.74) is 1.40. The van der Waals surface area contributed by atoms with Crippen molar-refractivity contribution >= 4 is 23.5 Å². The monoisotopic (exact) mass is 468 g/mol. The maximum Gasteiger partial charge on any atom is 0.320 e. The number of hydrogen-bond acceptors (Lipinski definition) is 8. The fourth-order valence-corrected chi connectivity index (χ4v) is 4.32. The molecule has 180 valence electrons. The van der Waals surface area contributed by atoms with Crippen molar-refractivity contribution in [1.82, 2.24) is 0 Å². The van der Waals surface area contributed by atoms with Gasteiger partial charge in [0.05, 0.1) is 38.6 Å². The first-order valence-corrected chi connectivity index (χ1v) is 11.1. The first-order chi connectivity index (χ1) is 16.3. The fourth-order valence-electron chi connectivity index (χ4n) is 4.32. The Morgan fingerprint density at radius 1 is 0.824 bits per heavy atom. The molecule has 8 nitrogen and oxygen atoms in total. The van der Waals surface area contributed by atoms with E-state index >= 15 is 0 Å². The van der Waals surface area contributed by atoms with Crippen LogP contribution in [0.25, 0.3) is 0 Å². The van der Waals surface area contributed by atoms with Crippen LogP contribution in [0.1, 0.15) is 58.2 Å². The highest BCUT2D eigenvalue weighted by Gasteiger charge is 2.38. The Kier molecular flexibility index (Phi) is 7.71. The van der Waals surface area contributed by atoms with Crippen LogP contribution in [0.2, 0.25) is 0 Å². The predicted octanol–water partition coefficient (Wildman–Crippen LogP) is 3.40. The van der Waals surface area contributed by atoms with E-state index < -0.39 is 23.8 Å². The van der Waals surface area contributed by atoms with Gasteiger partial charge in [0.2, 0.25) is 0 Å². The van der Waals surface area contributed by atoms with Crippen molar-refractivity contribution in [3.63, 3.8) is 0 Å². The Hall–Kier alpha value is -3.68. The van der Waals surface area contributed by atoms with Gasteiger partial charge in [0.25, 0.3) is 0 Å². The summed E-state index contributed by atoms with van der Waals surface area (Å²) < 4.78 is 21.1. The molecule has 0 saturated carbocycles. The molecule has 2 aromatic rings. The second kappa shape index (κ2) is 10.5. The Labute approximate surface area is 198 Å². The van der Waals surface area contributed by atoms with Gasteiger partial charge in [0, 0.05) is 11.1 Å². The van der Waals surface area contributed by atoms with E-state index in [2.05, 4.69) is 0 Å². The number of benzene rings is 2. The van der Waals surface area contributed by atoms with Crippen LogP contribution in [0.15, 0.2) is 30.3 Å². The van der Waals surface area contributed by atoms with Crippen molar-refractivity contribution in [3.05, 3.63) is 58.1 Å². The van der Waals surface area contributed by atoms with Gasteiger partial charge < -0.3 is 18.9 Å². The van der Waals surface area contributed by atoms with E-state index in [0.717, 1.165) is 0 Å². The number of esters is 2. The molecule has 0 aromatic heterocycles. The first kappa shape index (κ1) is 25.0. The van der Waals surface area contributed by atoms with Crippen LogP contribution in [0.5, 0.6) is 11.5 Å². The molecule has 0 bridgehead atoms. The highest BCUT2D eigenvalue weighted by molar-refractivity contribution is 6.30. The van der Waals surface area contributed by atoms with E-state index in [0.29, 0.717) is 11.3 Å². The Morgan fingerprint density at radius 3 is 1.97 bits per heavy atom. The zero-order chi connectivity index (χ0) is 25.0. The summed E-state index contributed by atoms with van der Waals surface area (Å²) in [7, 11) is 2.86. The molecule has 1 unspecified atom stereocenters. The number of carbonyl (C=O) groups excluding carboxylic acids is 4. The van der Waals surface area contributed by atoms with Crippen LogP contribution < -0.4 is 9.47 Å². The number of hydrogen-bond donors (Lipinski definition) is 0. The average Bonchev–Trinajstić information content (AvgIpc) is 2.82. The smallest absolute Gasteiger partial charge is 0.320 e. The summed E-state index contributed by atoms with van der Waals surface area (Å²) in [6.07, 6.45) is 0.213. The lowest BCUT2D eigenvalue weighted by atomic mass is 9.80. The van der Waals surface area contributed by atoms with Crippen molar-refractivity contribution in [2.45, 2.75) is 27.2 Å². The van der Waals surface area contributed by atoms with Gasteiger partial charge in [-0.05, 0) is 43.9 Å². The zero-order valence-electron chi connectivity index (χ0n) is 19.9. The largest absolute Gasteiger partial charge is 0.496 e. The van der Waals surface area contributed by atoms with Crippen LogP contribution >= 0.6 is 0 Å².